The molecular weight excluding hydrogens is 354 g/mol. The van der Waals surface area contributed by atoms with Gasteiger partial charge < -0.3 is 9.47 Å². The number of amides is 3. The van der Waals surface area contributed by atoms with Crippen molar-refractivity contribution in [2.45, 2.75) is 33.0 Å². The summed E-state index contributed by atoms with van der Waals surface area (Å²) in [6, 6.07) is -0.345. The summed E-state index contributed by atoms with van der Waals surface area (Å²) in [5, 5.41) is 0. The van der Waals surface area contributed by atoms with Crippen LogP contribution >= 0.6 is 11.8 Å². The average Bonchev–Trinajstić information content (AvgIpc) is 3.12. The molecule has 1 saturated heterocycles. The first-order valence-corrected chi connectivity index (χ1v) is 9.94. The van der Waals surface area contributed by atoms with Crippen molar-refractivity contribution >= 4 is 35.8 Å². The van der Waals surface area contributed by atoms with E-state index in [1.807, 2.05) is 6.21 Å². The van der Waals surface area contributed by atoms with E-state index in [4.69, 9.17) is 9.47 Å². The van der Waals surface area contributed by atoms with E-state index in [1.54, 1.807) is 18.8 Å². The van der Waals surface area contributed by atoms with Gasteiger partial charge in [-0.1, -0.05) is 13.8 Å². The Kier molecular flexibility index (Phi) is 5.94. The molecule has 0 radical (unpaired) electrons. The Labute approximate surface area is 158 Å². The van der Waals surface area contributed by atoms with Gasteiger partial charge in [-0.15, -0.1) is 16.8 Å². The molecule has 1 fully saturated rings. The number of dihydropyridines is 1. The summed E-state index contributed by atoms with van der Waals surface area (Å²) in [5.41, 5.74) is 1.08. The lowest BCUT2D eigenvalue weighted by Gasteiger charge is -2.28. The van der Waals surface area contributed by atoms with Gasteiger partial charge in [0.15, 0.2) is 12.2 Å². The Hall–Kier alpha value is -1.51. The summed E-state index contributed by atoms with van der Waals surface area (Å²) in [7, 11) is 3.20. The molecule has 3 rings (SSSR count). The fourth-order valence-electron chi connectivity index (χ4n) is 3.31. The standard InChI is InChI=1S/C18H26N3O4S/c1-11(2)9-12-10-19-16-14(17(22)21(4)18(23)20(16)3)15(12)26-8-5-13-24-6-7-25-13/h10-11,13-14H,5-9H2,1-4H3/q+1. The number of nitrogens with zero attached hydrogens (tertiary/aromatic N) is 3. The van der Waals surface area contributed by atoms with Crippen LogP contribution in [-0.2, 0) is 14.3 Å². The largest absolute Gasteiger partial charge is 0.445 e. The molecule has 7 nitrogen and oxygen atoms in total. The molecular formula is C18H26N3O4S+. The highest BCUT2D eigenvalue weighted by atomic mass is 32.2. The molecule has 0 aromatic rings. The smallest absolute Gasteiger partial charge is 0.350 e. The molecule has 1 atom stereocenters. The lowest BCUT2D eigenvalue weighted by atomic mass is 9.94. The first kappa shape index (κ1) is 19.3. The van der Waals surface area contributed by atoms with Crippen molar-refractivity contribution in [3.05, 3.63) is 10.5 Å². The number of ether oxygens (including phenoxy) is 2. The van der Waals surface area contributed by atoms with Crippen LogP contribution in [0.25, 0.3) is 0 Å². The fraction of sp³-hybridized carbons (Fsp3) is 0.667. The highest BCUT2D eigenvalue weighted by Gasteiger charge is 2.48. The van der Waals surface area contributed by atoms with E-state index in [2.05, 4.69) is 18.8 Å². The van der Waals surface area contributed by atoms with Gasteiger partial charge in [-0.2, -0.15) is 9.48 Å². The summed E-state index contributed by atoms with van der Waals surface area (Å²) >= 11 is 1.65. The number of carbonyl (C=O) groups excluding carboxylic acids is 2. The van der Waals surface area contributed by atoms with Gasteiger partial charge >= 0.3 is 11.9 Å². The second-order valence-electron chi connectivity index (χ2n) is 7.08. The highest BCUT2D eigenvalue weighted by Crippen LogP contribution is 2.37. The van der Waals surface area contributed by atoms with Crippen LogP contribution in [0.3, 0.4) is 0 Å². The van der Waals surface area contributed by atoms with Crippen LogP contribution in [0.5, 0.6) is 0 Å². The first-order chi connectivity index (χ1) is 12.4. The third kappa shape index (κ3) is 3.77. The molecule has 142 valence electrons. The zero-order valence-corrected chi connectivity index (χ0v) is 16.5. The minimum absolute atomic E-state index is 0.161. The van der Waals surface area contributed by atoms with E-state index >= 15 is 0 Å². The van der Waals surface area contributed by atoms with Gasteiger partial charge in [0.2, 0.25) is 0 Å². The number of urea groups is 1. The van der Waals surface area contributed by atoms with Crippen LogP contribution in [0.4, 0.5) is 4.79 Å². The van der Waals surface area contributed by atoms with Crippen LogP contribution in [-0.4, -0.2) is 72.8 Å². The van der Waals surface area contributed by atoms with Gasteiger partial charge in [0.25, 0.3) is 5.84 Å². The van der Waals surface area contributed by atoms with Crippen molar-refractivity contribution in [3.63, 3.8) is 0 Å². The number of amidine groups is 1. The molecule has 3 aliphatic heterocycles. The minimum Gasteiger partial charge on any atom is -0.350 e. The van der Waals surface area contributed by atoms with Crippen LogP contribution in [0.15, 0.2) is 15.5 Å². The maximum Gasteiger partial charge on any atom is 0.445 e. The molecule has 26 heavy (non-hydrogen) atoms. The Balaban J connectivity index is 1.87. The Morgan fingerprint density at radius 3 is 2.69 bits per heavy atom. The topological polar surface area (TPSA) is 71.2 Å². The zero-order chi connectivity index (χ0) is 18.8. The average molecular weight is 380 g/mol. The predicted octanol–water partition coefficient (Wildman–Crippen LogP) is 2.12. The lowest BCUT2D eigenvalue weighted by molar-refractivity contribution is -0.407. The monoisotopic (exact) mass is 380 g/mol. The highest BCUT2D eigenvalue weighted by molar-refractivity contribution is 8.03. The fourth-order valence-corrected chi connectivity index (χ4v) is 4.53. The molecule has 3 amide bonds. The summed E-state index contributed by atoms with van der Waals surface area (Å²) in [5.74, 6) is 1.04. The third-order valence-corrected chi connectivity index (χ3v) is 5.86. The van der Waals surface area contributed by atoms with Gasteiger partial charge in [-0.25, -0.2) is 4.79 Å². The van der Waals surface area contributed by atoms with Crippen molar-refractivity contribution in [1.82, 2.24) is 4.90 Å². The van der Waals surface area contributed by atoms with Crippen molar-refractivity contribution in [1.29, 1.82) is 0 Å². The number of thioether (sulfide) groups is 1. The molecule has 3 aliphatic rings. The first-order valence-electron chi connectivity index (χ1n) is 8.95. The van der Waals surface area contributed by atoms with Gasteiger partial charge in [0.1, 0.15) is 6.21 Å². The molecule has 0 saturated carbocycles. The van der Waals surface area contributed by atoms with E-state index in [1.165, 1.54) is 16.5 Å². The Morgan fingerprint density at radius 2 is 2.04 bits per heavy atom. The molecule has 1 unspecified atom stereocenters. The Bertz CT molecular complexity index is 693. The molecule has 0 aromatic carbocycles. The van der Waals surface area contributed by atoms with Crippen LogP contribution in [0.2, 0.25) is 0 Å². The number of fused-ring (bicyclic) bond motifs is 1. The van der Waals surface area contributed by atoms with E-state index in [0.29, 0.717) is 25.0 Å². The Morgan fingerprint density at radius 1 is 1.35 bits per heavy atom. The number of allylic oxidation sites excluding steroid dienone is 1. The lowest BCUT2D eigenvalue weighted by Crippen LogP contribution is -2.52. The van der Waals surface area contributed by atoms with Gasteiger partial charge in [0.05, 0.1) is 27.3 Å². The van der Waals surface area contributed by atoms with Gasteiger partial charge in [-0.3, -0.25) is 4.79 Å². The minimum atomic E-state index is -0.503. The van der Waals surface area contributed by atoms with Crippen LogP contribution in [0, 0.1) is 11.8 Å². The number of aliphatic imine (C=N–C) groups is 1. The van der Waals surface area contributed by atoms with Crippen LogP contribution < -0.4 is 0 Å². The summed E-state index contributed by atoms with van der Waals surface area (Å²) < 4.78 is 12.5. The molecule has 0 aliphatic carbocycles. The summed E-state index contributed by atoms with van der Waals surface area (Å²) in [4.78, 5) is 31.7. The number of carbonyl (C=O) groups is 2. The van der Waals surface area contributed by atoms with Crippen molar-refractivity contribution in [2.24, 2.45) is 16.8 Å². The van der Waals surface area contributed by atoms with Crippen molar-refractivity contribution < 1.29 is 23.6 Å². The number of imide groups is 1. The van der Waals surface area contributed by atoms with E-state index < -0.39 is 5.92 Å². The maximum absolute atomic E-state index is 12.9. The molecule has 0 N–H and O–H groups in total. The number of rotatable bonds is 6. The maximum atomic E-state index is 12.9. The van der Waals surface area contributed by atoms with E-state index in [0.717, 1.165) is 29.1 Å². The molecule has 0 spiro atoms. The van der Waals surface area contributed by atoms with Gasteiger partial charge in [0, 0.05) is 17.1 Å². The molecule has 0 bridgehead atoms. The van der Waals surface area contributed by atoms with Crippen LogP contribution in [0.1, 0.15) is 26.7 Å². The molecule has 3 heterocycles. The molecule has 8 heteroatoms. The normalized spacial score (nSPS) is 24.3. The second-order valence-corrected chi connectivity index (χ2v) is 8.22. The molecule has 0 aromatic heterocycles. The number of hydrogen-bond acceptors (Lipinski definition) is 6. The second kappa shape index (κ2) is 8.02. The third-order valence-electron chi connectivity index (χ3n) is 4.61. The number of hydrogen-bond donors (Lipinski definition) is 0. The quantitative estimate of drug-likeness (QED) is 0.660. The van der Waals surface area contributed by atoms with Crippen molar-refractivity contribution in [3.8, 4) is 0 Å². The van der Waals surface area contributed by atoms with E-state index in [9.17, 15) is 9.59 Å². The predicted molar refractivity (Wildman–Crippen MR) is 101 cm³/mol. The van der Waals surface area contributed by atoms with Gasteiger partial charge in [-0.05, 0) is 17.9 Å². The SMILES string of the molecule is CC(C)CC1=C(SCCC2OCCO2)C2C(=O)N(C)C(=O)[N+](C)=C2N=C1. The summed E-state index contributed by atoms with van der Waals surface area (Å²) in [6.45, 7) is 5.57. The van der Waals surface area contributed by atoms with Crippen molar-refractivity contribution in [2.75, 3.05) is 33.1 Å². The summed E-state index contributed by atoms with van der Waals surface area (Å²) in [6.07, 6.45) is 3.27. The zero-order valence-electron chi connectivity index (χ0n) is 15.7. The van der Waals surface area contributed by atoms with E-state index in [-0.39, 0.29) is 18.2 Å².